The second-order valence-electron chi connectivity index (χ2n) is 3.81. The molecule has 0 spiro atoms. The number of hydrogen-bond acceptors (Lipinski definition) is 5. The minimum Gasteiger partial charge on any atom is -0.370 e. The molecule has 0 radical (unpaired) electrons. The van der Waals surface area contributed by atoms with Crippen LogP contribution in [0.15, 0.2) is 23.2 Å². The predicted molar refractivity (Wildman–Crippen MR) is 67.4 cm³/mol. The smallest absolute Gasteiger partial charge is 0.244 e. The third-order valence-corrected chi connectivity index (χ3v) is 3.99. The summed E-state index contributed by atoms with van der Waals surface area (Å²) in [6.07, 6.45) is 1.46. The van der Waals surface area contributed by atoms with Gasteiger partial charge in [0, 0.05) is 33.3 Å². The molecule has 1 rings (SSSR count). The molecular formula is C10H16N4O3S. The molecule has 1 aromatic rings. The van der Waals surface area contributed by atoms with Crippen molar-refractivity contribution in [2.24, 2.45) is 5.73 Å². The Bertz CT molecular complexity index is 510. The van der Waals surface area contributed by atoms with Crippen molar-refractivity contribution in [3.05, 3.63) is 18.3 Å². The Morgan fingerprint density at radius 3 is 2.56 bits per heavy atom. The molecule has 1 amide bonds. The Hall–Kier alpha value is -1.67. The monoisotopic (exact) mass is 272 g/mol. The molecule has 0 atom stereocenters. The fourth-order valence-corrected chi connectivity index (χ4v) is 2.01. The molecule has 18 heavy (non-hydrogen) atoms. The summed E-state index contributed by atoms with van der Waals surface area (Å²) < 4.78 is 24.6. The van der Waals surface area contributed by atoms with Crippen LogP contribution in [0.5, 0.6) is 0 Å². The van der Waals surface area contributed by atoms with E-state index < -0.39 is 15.9 Å². The van der Waals surface area contributed by atoms with E-state index in [1.807, 2.05) is 0 Å². The minimum atomic E-state index is -3.46. The molecule has 1 heterocycles. The van der Waals surface area contributed by atoms with Gasteiger partial charge >= 0.3 is 0 Å². The highest BCUT2D eigenvalue weighted by molar-refractivity contribution is 7.89. The van der Waals surface area contributed by atoms with Crippen LogP contribution in [0.25, 0.3) is 0 Å². The predicted octanol–water partition coefficient (Wildman–Crippen LogP) is -0.381. The van der Waals surface area contributed by atoms with Gasteiger partial charge in [0.2, 0.25) is 15.9 Å². The van der Waals surface area contributed by atoms with Crippen molar-refractivity contribution in [3.8, 4) is 0 Å². The van der Waals surface area contributed by atoms with Crippen LogP contribution in [-0.2, 0) is 14.8 Å². The number of aromatic nitrogens is 1. The maximum Gasteiger partial charge on any atom is 0.244 e. The van der Waals surface area contributed by atoms with E-state index >= 15 is 0 Å². The van der Waals surface area contributed by atoms with Gasteiger partial charge in [-0.25, -0.2) is 17.7 Å². The molecule has 0 unspecified atom stereocenters. The minimum absolute atomic E-state index is 0.118. The first-order chi connectivity index (χ1) is 8.34. The highest BCUT2D eigenvalue weighted by Gasteiger charge is 2.17. The van der Waals surface area contributed by atoms with Gasteiger partial charge in [0.1, 0.15) is 10.7 Å². The Labute approximate surface area is 106 Å². The second-order valence-corrected chi connectivity index (χ2v) is 5.96. The summed E-state index contributed by atoms with van der Waals surface area (Å²) in [5.74, 6) is 0.0864. The van der Waals surface area contributed by atoms with E-state index in [0.29, 0.717) is 12.4 Å². The zero-order valence-electron chi connectivity index (χ0n) is 10.3. The lowest BCUT2D eigenvalue weighted by molar-refractivity contribution is -0.117. The molecule has 8 heteroatoms. The summed E-state index contributed by atoms with van der Waals surface area (Å²) >= 11 is 0. The van der Waals surface area contributed by atoms with Crippen molar-refractivity contribution < 1.29 is 13.2 Å². The van der Waals surface area contributed by atoms with E-state index in [9.17, 15) is 13.2 Å². The topological polar surface area (TPSA) is 105 Å². The van der Waals surface area contributed by atoms with Gasteiger partial charge in [-0.05, 0) is 12.1 Å². The lowest BCUT2D eigenvalue weighted by atomic mass is 10.4. The number of sulfonamides is 1. The van der Waals surface area contributed by atoms with E-state index in [0.717, 1.165) is 4.31 Å². The number of anilines is 1. The summed E-state index contributed by atoms with van der Waals surface area (Å²) in [7, 11) is -0.553. The van der Waals surface area contributed by atoms with Gasteiger partial charge < -0.3 is 11.1 Å². The van der Waals surface area contributed by atoms with Crippen LogP contribution in [-0.4, -0.2) is 44.3 Å². The van der Waals surface area contributed by atoms with Gasteiger partial charge in [-0.15, -0.1) is 0 Å². The van der Waals surface area contributed by atoms with Crippen molar-refractivity contribution in [1.82, 2.24) is 9.29 Å². The molecule has 3 N–H and O–H groups in total. The fraction of sp³-hybridized carbons (Fsp3) is 0.400. The number of nitrogens with two attached hydrogens (primary N) is 1. The molecule has 0 aliphatic rings. The summed E-state index contributed by atoms with van der Waals surface area (Å²) in [6, 6.07) is 2.99. The van der Waals surface area contributed by atoms with Crippen LogP contribution in [0.2, 0.25) is 0 Å². The first-order valence-electron chi connectivity index (χ1n) is 5.25. The number of nitrogens with one attached hydrogen (secondary N) is 1. The molecule has 100 valence electrons. The summed E-state index contributed by atoms with van der Waals surface area (Å²) in [4.78, 5) is 14.6. The summed E-state index contributed by atoms with van der Waals surface area (Å²) in [5.41, 5.74) is 4.99. The molecule has 0 saturated heterocycles. The van der Waals surface area contributed by atoms with Crippen LogP contribution in [0.3, 0.4) is 0 Å². The number of carbonyl (C=O) groups is 1. The number of pyridine rings is 1. The number of hydrogen-bond donors (Lipinski definition) is 2. The Morgan fingerprint density at radius 2 is 2.11 bits per heavy atom. The number of carbonyl (C=O) groups excluding carboxylic acids is 1. The molecule has 0 saturated carbocycles. The highest BCUT2D eigenvalue weighted by Crippen LogP contribution is 2.13. The van der Waals surface area contributed by atoms with Gasteiger partial charge in [0.05, 0.1) is 0 Å². The van der Waals surface area contributed by atoms with E-state index in [1.165, 1.54) is 32.4 Å². The summed E-state index contributed by atoms with van der Waals surface area (Å²) in [5, 5.41) is 2.86. The lowest BCUT2D eigenvalue weighted by Crippen LogP contribution is -2.22. The quantitative estimate of drug-likeness (QED) is 0.734. The third kappa shape index (κ3) is 3.67. The average molecular weight is 272 g/mol. The zero-order valence-corrected chi connectivity index (χ0v) is 11.1. The number of rotatable bonds is 6. The number of primary amides is 1. The zero-order chi connectivity index (χ0) is 13.8. The molecule has 7 nitrogen and oxygen atoms in total. The van der Waals surface area contributed by atoms with Crippen molar-refractivity contribution in [3.63, 3.8) is 0 Å². The van der Waals surface area contributed by atoms with Gasteiger partial charge in [-0.2, -0.15) is 0 Å². The highest BCUT2D eigenvalue weighted by atomic mass is 32.2. The first kappa shape index (κ1) is 14.4. The standard InChI is InChI=1S/C10H16N4O3S/c1-14(2)18(16,17)8-3-4-10(13-7-8)12-6-5-9(11)15/h3-4,7H,5-6H2,1-2H3,(H2,11,15)(H,12,13). The van der Waals surface area contributed by atoms with Gasteiger partial charge in [0.15, 0.2) is 0 Å². The van der Waals surface area contributed by atoms with E-state index in [4.69, 9.17) is 5.73 Å². The van der Waals surface area contributed by atoms with Crippen LogP contribution in [0.4, 0.5) is 5.82 Å². The normalized spacial score (nSPS) is 11.5. The van der Waals surface area contributed by atoms with E-state index in [-0.39, 0.29) is 11.3 Å². The lowest BCUT2D eigenvalue weighted by Gasteiger charge is -2.11. The van der Waals surface area contributed by atoms with Crippen LogP contribution >= 0.6 is 0 Å². The Balaban J connectivity index is 2.72. The van der Waals surface area contributed by atoms with Crippen LogP contribution in [0, 0.1) is 0 Å². The largest absolute Gasteiger partial charge is 0.370 e. The fourth-order valence-electron chi connectivity index (χ4n) is 1.16. The van der Waals surface area contributed by atoms with Crippen molar-refractivity contribution >= 4 is 21.7 Å². The second kappa shape index (κ2) is 5.78. The van der Waals surface area contributed by atoms with Crippen LogP contribution < -0.4 is 11.1 Å². The van der Waals surface area contributed by atoms with Crippen molar-refractivity contribution in [2.75, 3.05) is 26.0 Å². The van der Waals surface area contributed by atoms with Crippen LogP contribution in [0.1, 0.15) is 6.42 Å². The van der Waals surface area contributed by atoms with Crippen molar-refractivity contribution in [2.45, 2.75) is 11.3 Å². The SMILES string of the molecule is CN(C)S(=O)(=O)c1ccc(NCCC(N)=O)nc1. The average Bonchev–Trinajstić information content (AvgIpc) is 2.29. The Morgan fingerprint density at radius 1 is 1.44 bits per heavy atom. The molecule has 0 fully saturated rings. The van der Waals surface area contributed by atoms with Gasteiger partial charge in [-0.3, -0.25) is 4.79 Å². The van der Waals surface area contributed by atoms with E-state index in [2.05, 4.69) is 10.3 Å². The van der Waals surface area contributed by atoms with E-state index in [1.54, 1.807) is 0 Å². The maximum absolute atomic E-state index is 11.8. The third-order valence-electron chi connectivity index (χ3n) is 2.19. The molecule has 1 aromatic heterocycles. The number of nitrogens with zero attached hydrogens (tertiary/aromatic N) is 2. The Kier molecular flexibility index (Phi) is 4.62. The summed E-state index contributed by atoms with van der Waals surface area (Å²) in [6.45, 7) is 0.363. The first-order valence-corrected chi connectivity index (χ1v) is 6.69. The molecule has 0 aliphatic heterocycles. The van der Waals surface area contributed by atoms with Crippen molar-refractivity contribution in [1.29, 1.82) is 0 Å². The molecular weight excluding hydrogens is 256 g/mol. The molecule has 0 aromatic carbocycles. The van der Waals surface area contributed by atoms with Gasteiger partial charge in [0.25, 0.3) is 0 Å². The van der Waals surface area contributed by atoms with Gasteiger partial charge in [-0.1, -0.05) is 0 Å². The maximum atomic E-state index is 11.8. The molecule has 0 bridgehead atoms. The number of amides is 1. The molecule has 0 aliphatic carbocycles.